The van der Waals surface area contributed by atoms with Crippen LogP contribution in [0.2, 0.25) is 0 Å². The number of hydrazone groups is 1. The summed E-state index contributed by atoms with van der Waals surface area (Å²) in [6.45, 7) is 6.40. The summed E-state index contributed by atoms with van der Waals surface area (Å²) in [6, 6.07) is 17.9. The van der Waals surface area contributed by atoms with Crippen molar-refractivity contribution < 1.29 is 9.53 Å². The van der Waals surface area contributed by atoms with Crippen LogP contribution in [0.25, 0.3) is 0 Å². The monoisotopic (exact) mass is 366 g/mol. The summed E-state index contributed by atoms with van der Waals surface area (Å²) < 4.78 is 5.76. The van der Waals surface area contributed by atoms with Gasteiger partial charge in [0.15, 0.2) is 6.61 Å². The molecule has 0 aromatic heterocycles. The van der Waals surface area contributed by atoms with E-state index in [-0.39, 0.29) is 12.5 Å². The van der Waals surface area contributed by atoms with E-state index in [0.717, 1.165) is 48.3 Å². The van der Waals surface area contributed by atoms with Crippen LogP contribution in [0.1, 0.15) is 63.5 Å². The maximum atomic E-state index is 12.2. The van der Waals surface area contributed by atoms with E-state index in [1.54, 1.807) is 0 Å². The van der Waals surface area contributed by atoms with Gasteiger partial charge < -0.3 is 4.74 Å². The number of rotatable bonds is 10. The number of hydrogen-bond acceptors (Lipinski definition) is 3. The van der Waals surface area contributed by atoms with Crippen LogP contribution < -0.4 is 10.2 Å². The van der Waals surface area contributed by atoms with Gasteiger partial charge in [0.05, 0.1) is 5.71 Å². The minimum Gasteiger partial charge on any atom is -0.483 e. The van der Waals surface area contributed by atoms with Gasteiger partial charge in [0, 0.05) is 0 Å². The minimum atomic E-state index is -0.251. The van der Waals surface area contributed by atoms with Gasteiger partial charge in [-0.1, -0.05) is 75.7 Å². The predicted molar refractivity (Wildman–Crippen MR) is 111 cm³/mol. The van der Waals surface area contributed by atoms with Gasteiger partial charge in [0.2, 0.25) is 0 Å². The lowest BCUT2D eigenvalue weighted by atomic mass is 9.98. The van der Waals surface area contributed by atoms with E-state index in [1.807, 2.05) is 48.5 Å². The van der Waals surface area contributed by atoms with Gasteiger partial charge in [-0.2, -0.15) is 5.10 Å². The fourth-order valence-electron chi connectivity index (χ4n) is 2.78. The van der Waals surface area contributed by atoms with Gasteiger partial charge in [-0.15, -0.1) is 0 Å². The molecule has 0 radical (unpaired) electrons. The van der Waals surface area contributed by atoms with Gasteiger partial charge in [-0.25, -0.2) is 5.43 Å². The molecule has 0 bridgehead atoms. The molecule has 2 rings (SSSR count). The second kappa shape index (κ2) is 11.2. The third-order valence-electron chi connectivity index (χ3n) is 4.61. The van der Waals surface area contributed by atoms with Crippen molar-refractivity contribution in [1.29, 1.82) is 0 Å². The van der Waals surface area contributed by atoms with Crippen LogP contribution in [0.4, 0.5) is 0 Å². The Kier molecular flexibility index (Phi) is 8.56. The highest BCUT2D eigenvalue weighted by atomic mass is 16.5. The molecule has 0 aliphatic heterocycles. The van der Waals surface area contributed by atoms with Crippen LogP contribution in [0.3, 0.4) is 0 Å². The van der Waals surface area contributed by atoms with E-state index < -0.39 is 0 Å². The van der Waals surface area contributed by atoms with E-state index >= 15 is 0 Å². The molecule has 1 N–H and O–H groups in total. The topological polar surface area (TPSA) is 50.7 Å². The van der Waals surface area contributed by atoms with Crippen molar-refractivity contribution in [2.45, 2.75) is 52.4 Å². The number of amides is 1. The Morgan fingerprint density at radius 2 is 1.78 bits per heavy atom. The number of carbonyl (C=O) groups is 1. The first kappa shape index (κ1) is 20.7. The maximum absolute atomic E-state index is 12.2. The minimum absolute atomic E-state index is 0.0488. The first-order valence-corrected chi connectivity index (χ1v) is 9.78. The zero-order valence-corrected chi connectivity index (χ0v) is 16.6. The zero-order chi connectivity index (χ0) is 19.5. The van der Waals surface area contributed by atoms with Gasteiger partial charge in [-0.05, 0) is 42.4 Å². The molecule has 27 heavy (non-hydrogen) atoms. The van der Waals surface area contributed by atoms with Crippen LogP contribution in [-0.2, 0) is 4.79 Å². The summed E-state index contributed by atoms with van der Waals surface area (Å²) in [4.78, 5) is 12.2. The van der Waals surface area contributed by atoms with Crippen LogP contribution in [0.15, 0.2) is 59.7 Å². The predicted octanol–water partition coefficient (Wildman–Crippen LogP) is 5.29. The summed E-state index contributed by atoms with van der Waals surface area (Å²) >= 11 is 0. The summed E-state index contributed by atoms with van der Waals surface area (Å²) in [5, 5.41) is 4.35. The normalized spacial score (nSPS) is 12.5. The summed E-state index contributed by atoms with van der Waals surface area (Å²) in [7, 11) is 0. The summed E-state index contributed by atoms with van der Waals surface area (Å²) in [6.07, 6.45) is 3.96. The van der Waals surface area contributed by atoms with E-state index in [2.05, 4.69) is 37.4 Å². The number of carbonyl (C=O) groups excluding carboxylic acids is 1. The first-order valence-electron chi connectivity index (χ1n) is 9.78. The lowest BCUT2D eigenvalue weighted by Gasteiger charge is -2.15. The van der Waals surface area contributed by atoms with Crippen molar-refractivity contribution >= 4 is 11.6 Å². The first-order chi connectivity index (χ1) is 13.2. The molecule has 0 aliphatic rings. The molecule has 1 atom stereocenters. The molecule has 0 fully saturated rings. The number of para-hydroxylation sites is 1. The van der Waals surface area contributed by atoms with Crippen molar-refractivity contribution in [3.63, 3.8) is 0 Å². The SMILES string of the molecule is CCCC/C(=N/NC(=O)COc1ccccc1C(C)CC)c1ccccc1. The zero-order valence-electron chi connectivity index (χ0n) is 16.6. The fourth-order valence-corrected chi connectivity index (χ4v) is 2.78. The van der Waals surface area contributed by atoms with Crippen molar-refractivity contribution in [2.24, 2.45) is 5.10 Å². The van der Waals surface area contributed by atoms with E-state index in [0.29, 0.717) is 5.92 Å². The second-order valence-corrected chi connectivity index (χ2v) is 6.70. The van der Waals surface area contributed by atoms with Gasteiger partial charge in [0.1, 0.15) is 5.75 Å². The molecule has 4 nitrogen and oxygen atoms in total. The summed E-state index contributed by atoms with van der Waals surface area (Å²) in [5.41, 5.74) is 5.71. The summed E-state index contributed by atoms with van der Waals surface area (Å²) in [5.74, 6) is 0.903. The second-order valence-electron chi connectivity index (χ2n) is 6.70. The molecule has 1 unspecified atom stereocenters. The molecule has 0 aliphatic carbocycles. The van der Waals surface area contributed by atoms with Crippen molar-refractivity contribution in [3.8, 4) is 5.75 Å². The molecule has 2 aromatic carbocycles. The highest BCUT2D eigenvalue weighted by Gasteiger charge is 2.11. The molecule has 0 spiro atoms. The average Bonchev–Trinajstić information content (AvgIpc) is 2.72. The van der Waals surface area contributed by atoms with E-state index in [4.69, 9.17) is 4.74 Å². The highest BCUT2D eigenvalue weighted by molar-refractivity contribution is 6.01. The average molecular weight is 367 g/mol. The molecule has 1 amide bonds. The van der Waals surface area contributed by atoms with Crippen LogP contribution >= 0.6 is 0 Å². The Morgan fingerprint density at radius 1 is 1.07 bits per heavy atom. The molecule has 0 saturated carbocycles. The van der Waals surface area contributed by atoms with Gasteiger partial charge in [-0.3, -0.25) is 4.79 Å². The van der Waals surface area contributed by atoms with Crippen LogP contribution in [0.5, 0.6) is 5.75 Å². The van der Waals surface area contributed by atoms with Crippen molar-refractivity contribution in [1.82, 2.24) is 5.43 Å². The molecule has 144 valence electrons. The Balaban J connectivity index is 1.99. The largest absolute Gasteiger partial charge is 0.483 e. The smallest absolute Gasteiger partial charge is 0.277 e. The highest BCUT2D eigenvalue weighted by Crippen LogP contribution is 2.28. The van der Waals surface area contributed by atoms with E-state index in [9.17, 15) is 4.79 Å². The van der Waals surface area contributed by atoms with Gasteiger partial charge >= 0.3 is 0 Å². The number of ether oxygens (including phenoxy) is 1. The standard InChI is InChI=1S/C23H30N2O2/c1-4-6-15-21(19-12-8-7-9-13-19)24-25-23(26)17-27-22-16-11-10-14-20(22)18(3)5-2/h7-14,16,18H,4-6,15,17H2,1-3H3,(H,25,26)/b24-21-. The number of benzene rings is 2. The molecular formula is C23H30N2O2. The Hall–Kier alpha value is -2.62. The Labute approximate surface area is 162 Å². The van der Waals surface area contributed by atoms with Crippen molar-refractivity contribution in [2.75, 3.05) is 6.61 Å². The fraction of sp³-hybridized carbons (Fsp3) is 0.391. The number of hydrogen-bond donors (Lipinski definition) is 1. The van der Waals surface area contributed by atoms with Gasteiger partial charge in [0.25, 0.3) is 5.91 Å². The lowest BCUT2D eigenvalue weighted by Crippen LogP contribution is -2.26. The third kappa shape index (κ3) is 6.55. The third-order valence-corrected chi connectivity index (χ3v) is 4.61. The number of unbranched alkanes of at least 4 members (excludes halogenated alkanes) is 1. The van der Waals surface area contributed by atoms with Crippen molar-refractivity contribution in [3.05, 3.63) is 65.7 Å². The number of nitrogens with one attached hydrogen (secondary N) is 1. The molecule has 0 heterocycles. The van der Waals surface area contributed by atoms with Crippen LogP contribution in [-0.4, -0.2) is 18.2 Å². The number of nitrogens with zero attached hydrogens (tertiary/aromatic N) is 1. The Bertz CT molecular complexity index is 741. The molecule has 0 saturated heterocycles. The van der Waals surface area contributed by atoms with Crippen LogP contribution in [0, 0.1) is 0 Å². The lowest BCUT2D eigenvalue weighted by molar-refractivity contribution is -0.123. The molecule has 4 heteroatoms. The molecular weight excluding hydrogens is 336 g/mol. The Morgan fingerprint density at radius 3 is 2.48 bits per heavy atom. The quantitative estimate of drug-likeness (QED) is 0.459. The molecule has 2 aromatic rings. The van der Waals surface area contributed by atoms with E-state index in [1.165, 1.54) is 0 Å². The maximum Gasteiger partial charge on any atom is 0.277 e.